The zero-order valence-electron chi connectivity index (χ0n) is 11.0. The van der Waals surface area contributed by atoms with Crippen molar-refractivity contribution in [2.24, 2.45) is 0 Å². The van der Waals surface area contributed by atoms with E-state index in [1.807, 2.05) is 0 Å². The van der Waals surface area contributed by atoms with Gasteiger partial charge in [0, 0.05) is 17.8 Å². The van der Waals surface area contributed by atoms with Crippen LogP contribution in [-0.2, 0) is 4.74 Å². The number of aromatic nitrogens is 1. The molecule has 0 spiro atoms. The predicted molar refractivity (Wildman–Crippen MR) is 77.8 cm³/mol. The molecular weight excluding hydrogens is 296 g/mol. The highest BCUT2D eigenvalue weighted by atomic mass is 35.5. The SMILES string of the molecule is COC(=O)c1ccc(Cl)c(NC(=O)c2cc[nH]c(=O)c2)c1. The van der Waals surface area contributed by atoms with Crippen molar-refractivity contribution in [2.75, 3.05) is 12.4 Å². The first-order valence-corrected chi connectivity index (χ1v) is 6.27. The molecule has 1 aromatic carbocycles. The molecule has 6 nitrogen and oxygen atoms in total. The number of carbonyl (C=O) groups excluding carboxylic acids is 2. The summed E-state index contributed by atoms with van der Waals surface area (Å²) in [6.07, 6.45) is 1.36. The van der Waals surface area contributed by atoms with Crippen molar-refractivity contribution >= 4 is 29.2 Å². The first-order chi connectivity index (χ1) is 10.0. The number of benzene rings is 1. The van der Waals surface area contributed by atoms with Crippen LogP contribution >= 0.6 is 11.6 Å². The van der Waals surface area contributed by atoms with Crippen molar-refractivity contribution in [2.45, 2.75) is 0 Å². The van der Waals surface area contributed by atoms with Gasteiger partial charge in [0.15, 0.2) is 0 Å². The topological polar surface area (TPSA) is 88.3 Å². The summed E-state index contributed by atoms with van der Waals surface area (Å²) in [6.45, 7) is 0. The summed E-state index contributed by atoms with van der Waals surface area (Å²) in [5, 5.41) is 2.81. The van der Waals surface area contributed by atoms with Crippen molar-refractivity contribution in [1.29, 1.82) is 0 Å². The third kappa shape index (κ3) is 3.49. The molecule has 0 bridgehead atoms. The molecule has 0 fully saturated rings. The molecular formula is C14H11ClN2O4. The number of esters is 1. The fourth-order valence-electron chi connectivity index (χ4n) is 1.65. The number of nitrogens with one attached hydrogen (secondary N) is 2. The second-order valence-electron chi connectivity index (χ2n) is 4.08. The molecule has 108 valence electrons. The minimum Gasteiger partial charge on any atom is -0.465 e. The van der Waals surface area contributed by atoms with E-state index in [-0.39, 0.29) is 21.8 Å². The number of H-pyrrole nitrogens is 1. The molecule has 0 unspecified atom stereocenters. The summed E-state index contributed by atoms with van der Waals surface area (Å²) in [6, 6.07) is 6.97. The van der Waals surface area contributed by atoms with Crippen LogP contribution in [0, 0.1) is 0 Å². The fraction of sp³-hybridized carbons (Fsp3) is 0.0714. The van der Waals surface area contributed by atoms with Crippen LogP contribution in [0.1, 0.15) is 20.7 Å². The zero-order chi connectivity index (χ0) is 15.4. The number of hydrogen-bond donors (Lipinski definition) is 2. The zero-order valence-corrected chi connectivity index (χ0v) is 11.7. The lowest BCUT2D eigenvalue weighted by Gasteiger charge is -2.08. The number of hydrogen-bond acceptors (Lipinski definition) is 4. The summed E-state index contributed by atoms with van der Waals surface area (Å²) in [4.78, 5) is 37.1. The van der Waals surface area contributed by atoms with E-state index in [1.54, 1.807) is 0 Å². The highest BCUT2D eigenvalue weighted by Gasteiger charge is 2.12. The third-order valence-corrected chi connectivity index (χ3v) is 3.00. The van der Waals surface area contributed by atoms with Gasteiger partial charge in [0.25, 0.3) is 5.91 Å². The molecule has 0 saturated heterocycles. The van der Waals surface area contributed by atoms with Gasteiger partial charge in [0.05, 0.1) is 23.4 Å². The van der Waals surface area contributed by atoms with E-state index in [0.717, 1.165) is 6.07 Å². The number of pyridine rings is 1. The average molecular weight is 307 g/mol. The summed E-state index contributed by atoms with van der Waals surface area (Å²) < 4.78 is 4.60. The molecule has 0 aliphatic rings. The number of rotatable bonds is 3. The van der Waals surface area contributed by atoms with Gasteiger partial charge in [-0.2, -0.15) is 0 Å². The minimum absolute atomic E-state index is 0.179. The Hall–Kier alpha value is -2.60. The van der Waals surface area contributed by atoms with Crippen molar-refractivity contribution in [1.82, 2.24) is 4.98 Å². The molecule has 21 heavy (non-hydrogen) atoms. The second-order valence-corrected chi connectivity index (χ2v) is 4.49. The number of aromatic amines is 1. The number of ether oxygens (including phenoxy) is 1. The lowest BCUT2D eigenvalue weighted by molar-refractivity contribution is 0.0600. The molecule has 0 radical (unpaired) electrons. The van der Waals surface area contributed by atoms with E-state index in [2.05, 4.69) is 15.0 Å². The van der Waals surface area contributed by atoms with Crippen molar-refractivity contribution in [3.05, 3.63) is 63.0 Å². The van der Waals surface area contributed by atoms with E-state index in [9.17, 15) is 14.4 Å². The van der Waals surface area contributed by atoms with Gasteiger partial charge in [0.2, 0.25) is 5.56 Å². The van der Waals surface area contributed by atoms with E-state index in [4.69, 9.17) is 11.6 Å². The Balaban J connectivity index is 2.28. The van der Waals surface area contributed by atoms with Crippen LogP contribution in [0.2, 0.25) is 5.02 Å². The summed E-state index contributed by atoms with van der Waals surface area (Å²) in [7, 11) is 1.26. The Labute approximate surface area is 124 Å². The van der Waals surface area contributed by atoms with Crippen molar-refractivity contribution < 1.29 is 14.3 Å². The first kappa shape index (κ1) is 14.8. The molecule has 7 heteroatoms. The Kier molecular flexibility index (Phi) is 4.39. The summed E-state index contributed by atoms with van der Waals surface area (Å²) in [5.74, 6) is -1.05. The maximum absolute atomic E-state index is 12.0. The summed E-state index contributed by atoms with van der Waals surface area (Å²) >= 11 is 5.97. The highest BCUT2D eigenvalue weighted by Crippen LogP contribution is 2.24. The number of halogens is 1. The van der Waals surface area contributed by atoms with E-state index < -0.39 is 17.4 Å². The van der Waals surface area contributed by atoms with Crippen molar-refractivity contribution in [3.8, 4) is 0 Å². The van der Waals surface area contributed by atoms with Gasteiger partial charge >= 0.3 is 5.97 Å². The van der Waals surface area contributed by atoms with Gasteiger partial charge in [-0.3, -0.25) is 9.59 Å². The molecule has 0 aliphatic carbocycles. The molecule has 0 saturated carbocycles. The Morgan fingerprint density at radius 1 is 1.19 bits per heavy atom. The summed E-state index contributed by atoms with van der Waals surface area (Å²) in [5.41, 5.74) is 0.295. The van der Waals surface area contributed by atoms with Gasteiger partial charge in [-0.1, -0.05) is 11.6 Å². The predicted octanol–water partition coefficient (Wildman–Crippen LogP) is 2.07. The van der Waals surface area contributed by atoms with Gasteiger partial charge in [-0.05, 0) is 24.3 Å². The largest absolute Gasteiger partial charge is 0.465 e. The van der Waals surface area contributed by atoms with Crippen LogP contribution in [0.5, 0.6) is 0 Å². The van der Waals surface area contributed by atoms with Gasteiger partial charge in [-0.25, -0.2) is 4.79 Å². The minimum atomic E-state index is -0.543. The monoisotopic (exact) mass is 306 g/mol. The smallest absolute Gasteiger partial charge is 0.337 e. The van der Waals surface area contributed by atoms with Gasteiger partial charge < -0.3 is 15.0 Å². The third-order valence-electron chi connectivity index (χ3n) is 2.67. The van der Waals surface area contributed by atoms with Crippen LogP contribution < -0.4 is 10.9 Å². The molecule has 2 aromatic rings. The first-order valence-electron chi connectivity index (χ1n) is 5.89. The van der Waals surface area contributed by atoms with E-state index >= 15 is 0 Å². The molecule has 1 amide bonds. The Morgan fingerprint density at radius 3 is 2.62 bits per heavy atom. The normalized spacial score (nSPS) is 10.0. The quantitative estimate of drug-likeness (QED) is 0.850. The lowest BCUT2D eigenvalue weighted by atomic mass is 10.2. The van der Waals surface area contributed by atoms with Crippen LogP contribution in [0.3, 0.4) is 0 Å². The second kappa shape index (κ2) is 6.23. The van der Waals surface area contributed by atoms with E-state index in [0.29, 0.717) is 0 Å². The maximum Gasteiger partial charge on any atom is 0.337 e. The maximum atomic E-state index is 12.0. The molecule has 1 heterocycles. The van der Waals surface area contributed by atoms with Crippen molar-refractivity contribution in [3.63, 3.8) is 0 Å². The highest BCUT2D eigenvalue weighted by molar-refractivity contribution is 6.34. The van der Waals surface area contributed by atoms with E-state index in [1.165, 1.54) is 37.6 Å². The van der Waals surface area contributed by atoms with Crippen LogP contribution in [0.15, 0.2) is 41.3 Å². The van der Waals surface area contributed by atoms with Crippen LogP contribution in [-0.4, -0.2) is 24.0 Å². The average Bonchev–Trinajstić information content (AvgIpc) is 2.48. The molecule has 0 aliphatic heterocycles. The Bertz CT molecular complexity index is 755. The molecule has 0 atom stereocenters. The molecule has 2 N–H and O–H groups in total. The Morgan fingerprint density at radius 2 is 1.95 bits per heavy atom. The lowest BCUT2D eigenvalue weighted by Crippen LogP contribution is -2.16. The van der Waals surface area contributed by atoms with Gasteiger partial charge in [-0.15, -0.1) is 0 Å². The molecule has 1 aromatic heterocycles. The van der Waals surface area contributed by atoms with Crippen LogP contribution in [0.25, 0.3) is 0 Å². The molecule has 2 rings (SSSR count). The number of carbonyl (C=O) groups is 2. The number of methoxy groups -OCH3 is 1. The standard InChI is InChI=1S/C14H11ClN2O4/c1-21-14(20)9-2-3-10(15)11(6-9)17-13(19)8-4-5-16-12(18)7-8/h2-7H,1H3,(H,16,18)(H,17,19). The number of amides is 1. The van der Waals surface area contributed by atoms with Crippen LogP contribution in [0.4, 0.5) is 5.69 Å². The number of anilines is 1. The fourth-order valence-corrected chi connectivity index (χ4v) is 1.81. The van der Waals surface area contributed by atoms with Gasteiger partial charge in [0.1, 0.15) is 0 Å².